The zero-order chi connectivity index (χ0) is 14.0. The van der Waals surface area contributed by atoms with E-state index in [-0.39, 0.29) is 5.91 Å². The summed E-state index contributed by atoms with van der Waals surface area (Å²) in [6, 6.07) is 0. The maximum atomic E-state index is 12.1. The van der Waals surface area contributed by atoms with Crippen molar-refractivity contribution >= 4 is 22.2 Å². The Hall–Kier alpha value is -1.47. The largest absolute Gasteiger partial charge is 0.351 e. The van der Waals surface area contributed by atoms with E-state index in [9.17, 15) is 4.79 Å². The molecule has 104 valence electrons. The van der Waals surface area contributed by atoms with Crippen LogP contribution < -0.4 is 5.32 Å². The lowest BCUT2D eigenvalue weighted by Crippen LogP contribution is -2.27. The summed E-state index contributed by atoms with van der Waals surface area (Å²) in [4.78, 5) is 15.7. The molecular weight excluding hydrogens is 262 g/mol. The van der Waals surface area contributed by atoms with Crippen LogP contribution in [-0.2, 0) is 0 Å². The van der Waals surface area contributed by atoms with Crippen molar-refractivity contribution in [3.8, 4) is 0 Å². The minimum Gasteiger partial charge on any atom is -0.351 e. The summed E-state index contributed by atoms with van der Waals surface area (Å²) in [5, 5.41) is 11.0. The van der Waals surface area contributed by atoms with E-state index in [0.717, 1.165) is 34.3 Å². The van der Waals surface area contributed by atoms with Gasteiger partial charge in [0.1, 0.15) is 10.7 Å². The Kier molecular flexibility index (Phi) is 4.16. The number of aryl methyl sites for hydroxylation is 2. The molecule has 0 spiro atoms. The van der Waals surface area contributed by atoms with Crippen molar-refractivity contribution in [3.05, 3.63) is 16.4 Å². The molecule has 0 aliphatic rings. The Morgan fingerprint density at radius 3 is 2.74 bits per heavy atom. The van der Waals surface area contributed by atoms with Crippen LogP contribution in [0.25, 0.3) is 4.96 Å². The molecule has 0 saturated carbocycles. The molecular formula is C12H19N5OS. The molecule has 0 aliphatic carbocycles. The Morgan fingerprint density at radius 2 is 2.11 bits per heavy atom. The van der Waals surface area contributed by atoms with Gasteiger partial charge in [0.25, 0.3) is 5.91 Å². The zero-order valence-corrected chi connectivity index (χ0v) is 12.5. The van der Waals surface area contributed by atoms with Crippen molar-refractivity contribution in [1.82, 2.24) is 24.8 Å². The molecule has 1 N–H and O–H groups in total. The van der Waals surface area contributed by atoms with Gasteiger partial charge in [0.15, 0.2) is 0 Å². The number of nitrogens with one attached hydrogen (secondary N) is 1. The van der Waals surface area contributed by atoms with Gasteiger partial charge in [-0.3, -0.25) is 9.20 Å². The number of fused-ring (bicyclic) bond motifs is 1. The van der Waals surface area contributed by atoms with E-state index in [1.165, 1.54) is 11.3 Å². The third-order valence-corrected chi connectivity index (χ3v) is 4.06. The second kappa shape index (κ2) is 5.66. The lowest BCUT2D eigenvalue weighted by Gasteiger charge is -2.09. The van der Waals surface area contributed by atoms with Gasteiger partial charge in [-0.05, 0) is 40.9 Å². The van der Waals surface area contributed by atoms with Gasteiger partial charge in [-0.2, -0.15) is 0 Å². The fourth-order valence-corrected chi connectivity index (χ4v) is 2.98. The Balaban J connectivity index is 2.03. The summed E-state index contributed by atoms with van der Waals surface area (Å²) >= 11 is 1.38. The molecule has 0 aliphatic heterocycles. The standard InChI is InChI=1S/C12H19N5OS/c1-8-10(11(18)13-6-5-7-16(3)4)19-12-15-14-9(2)17(8)12/h5-7H2,1-4H3,(H,13,18). The van der Waals surface area contributed by atoms with Gasteiger partial charge >= 0.3 is 0 Å². The van der Waals surface area contributed by atoms with Crippen LogP contribution in [0.3, 0.4) is 0 Å². The van der Waals surface area contributed by atoms with E-state index in [4.69, 9.17) is 0 Å². The summed E-state index contributed by atoms with van der Waals surface area (Å²) < 4.78 is 1.92. The lowest BCUT2D eigenvalue weighted by atomic mass is 10.3. The Labute approximate surface area is 116 Å². The molecule has 0 bridgehead atoms. The van der Waals surface area contributed by atoms with Crippen molar-refractivity contribution in [3.63, 3.8) is 0 Å². The normalized spacial score (nSPS) is 11.4. The van der Waals surface area contributed by atoms with Crippen molar-refractivity contribution in [2.45, 2.75) is 20.3 Å². The number of rotatable bonds is 5. The molecule has 19 heavy (non-hydrogen) atoms. The molecule has 0 radical (unpaired) electrons. The third kappa shape index (κ3) is 2.93. The predicted octanol–water partition coefficient (Wildman–Crippen LogP) is 1.09. The second-order valence-corrected chi connectivity index (χ2v) is 5.77. The van der Waals surface area contributed by atoms with Crippen LogP contribution in [0.5, 0.6) is 0 Å². The fourth-order valence-electron chi connectivity index (χ4n) is 1.95. The van der Waals surface area contributed by atoms with E-state index in [1.807, 2.05) is 32.3 Å². The number of hydrogen-bond acceptors (Lipinski definition) is 5. The van der Waals surface area contributed by atoms with E-state index in [2.05, 4.69) is 20.4 Å². The van der Waals surface area contributed by atoms with Crippen LogP contribution in [0.15, 0.2) is 0 Å². The SMILES string of the molecule is Cc1nnc2sc(C(=O)NCCCN(C)C)c(C)n12. The first kappa shape index (κ1) is 14.0. The highest BCUT2D eigenvalue weighted by molar-refractivity contribution is 7.19. The van der Waals surface area contributed by atoms with Crippen LogP contribution in [0.2, 0.25) is 0 Å². The van der Waals surface area contributed by atoms with E-state index < -0.39 is 0 Å². The van der Waals surface area contributed by atoms with E-state index in [0.29, 0.717) is 6.54 Å². The maximum absolute atomic E-state index is 12.1. The molecule has 0 unspecified atom stereocenters. The first-order chi connectivity index (χ1) is 9.00. The minimum absolute atomic E-state index is 0.0221. The van der Waals surface area contributed by atoms with Crippen molar-refractivity contribution in [2.75, 3.05) is 27.2 Å². The van der Waals surface area contributed by atoms with E-state index in [1.54, 1.807) is 0 Å². The quantitative estimate of drug-likeness (QED) is 0.833. The Bertz CT molecular complexity index is 586. The number of carbonyl (C=O) groups is 1. The lowest BCUT2D eigenvalue weighted by molar-refractivity contribution is 0.0955. The molecule has 1 amide bonds. The molecule has 6 nitrogen and oxygen atoms in total. The molecule has 0 atom stereocenters. The fraction of sp³-hybridized carbons (Fsp3) is 0.583. The first-order valence-electron chi connectivity index (χ1n) is 6.24. The van der Waals surface area contributed by atoms with Gasteiger partial charge in [0.2, 0.25) is 4.96 Å². The minimum atomic E-state index is -0.0221. The van der Waals surface area contributed by atoms with Gasteiger partial charge in [-0.25, -0.2) is 0 Å². The summed E-state index contributed by atoms with van der Waals surface area (Å²) in [7, 11) is 4.05. The molecule has 0 fully saturated rings. The topological polar surface area (TPSA) is 62.5 Å². The summed E-state index contributed by atoms with van der Waals surface area (Å²) in [6.45, 7) is 5.47. The van der Waals surface area contributed by atoms with Crippen molar-refractivity contribution < 1.29 is 4.79 Å². The Morgan fingerprint density at radius 1 is 1.37 bits per heavy atom. The monoisotopic (exact) mass is 281 g/mol. The molecule has 7 heteroatoms. The highest BCUT2D eigenvalue weighted by Crippen LogP contribution is 2.22. The third-order valence-electron chi connectivity index (χ3n) is 2.93. The number of nitrogens with zero attached hydrogens (tertiary/aromatic N) is 4. The van der Waals surface area contributed by atoms with Gasteiger partial charge in [-0.15, -0.1) is 10.2 Å². The van der Waals surface area contributed by atoms with Crippen LogP contribution in [0, 0.1) is 13.8 Å². The van der Waals surface area contributed by atoms with Gasteiger partial charge < -0.3 is 10.2 Å². The highest BCUT2D eigenvalue weighted by Gasteiger charge is 2.17. The molecule has 2 aromatic heterocycles. The van der Waals surface area contributed by atoms with Gasteiger partial charge in [0.05, 0.1) is 0 Å². The summed E-state index contributed by atoms with van der Waals surface area (Å²) in [5.41, 5.74) is 0.910. The number of aromatic nitrogens is 3. The molecule has 0 saturated heterocycles. The van der Waals surface area contributed by atoms with Gasteiger partial charge in [-0.1, -0.05) is 11.3 Å². The molecule has 0 aromatic carbocycles. The summed E-state index contributed by atoms with van der Waals surface area (Å²) in [6.07, 6.45) is 0.945. The van der Waals surface area contributed by atoms with Crippen molar-refractivity contribution in [1.29, 1.82) is 0 Å². The maximum Gasteiger partial charge on any atom is 0.263 e. The van der Waals surface area contributed by atoms with Crippen LogP contribution in [0.1, 0.15) is 27.6 Å². The number of hydrogen-bond donors (Lipinski definition) is 1. The van der Waals surface area contributed by atoms with E-state index >= 15 is 0 Å². The second-order valence-electron chi connectivity index (χ2n) is 4.79. The highest BCUT2D eigenvalue weighted by atomic mass is 32.1. The first-order valence-corrected chi connectivity index (χ1v) is 7.06. The average molecular weight is 281 g/mol. The van der Waals surface area contributed by atoms with Crippen molar-refractivity contribution in [2.24, 2.45) is 0 Å². The number of amides is 1. The number of thiazole rings is 1. The van der Waals surface area contributed by atoms with Crippen LogP contribution in [0.4, 0.5) is 0 Å². The summed E-state index contributed by atoms with van der Waals surface area (Å²) in [5.74, 6) is 0.793. The van der Waals surface area contributed by atoms with Gasteiger partial charge in [0, 0.05) is 12.2 Å². The molecule has 2 rings (SSSR count). The van der Waals surface area contributed by atoms with Crippen LogP contribution >= 0.6 is 11.3 Å². The predicted molar refractivity (Wildman–Crippen MR) is 75.8 cm³/mol. The molecule has 2 heterocycles. The smallest absolute Gasteiger partial charge is 0.263 e. The number of carbonyl (C=O) groups excluding carboxylic acids is 1. The average Bonchev–Trinajstić information content (AvgIpc) is 2.86. The molecule has 2 aromatic rings. The van der Waals surface area contributed by atoms with Crippen LogP contribution in [-0.4, -0.2) is 52.6 Å². The zero-order valence-electron chi connectivity index (χ0n) is 11.7.